The first-order chi connectivity index (χ1) is 15.0. The number of nitrogens with zero attached hydrogens (tertiary/aromatic N) is 4. The zero-order valence-corrected chi connectivity index (χ0v) is 22.0. The number of aryl methyl sites for hydroxylation is 2. The highest BCUT2D eigenvalue weighted by Gasteiger charge is 2.27. The van der Waals surface area contributed by atoms with Crippen LogP contribution in [0.5, 0.6) is 0 Å². The fourth-order valence-corrected chi connectivity index (χ4v) is 3.87. The molecule has 32 heavy (non-hydrogen) atoms. The van der Waals surface area contributed by atoms with Crippen LogP contribution in [0.25, 0.3) is 5.69 Å². The number of aromatic nitrogens is 2. The first-order valence-corrected chi connectivity index (χ1v) is 11.4. The maximum Gasteiger partial charge on any atom is 0.225 e. The topological polar surface area (TPSA) is 74.6 Å². The Bertz CT molecular complexity index is 880. The van der Waals surface area contributed by atoms with Gasteiger partial charge in [-0.2, -0.15) is 5.10 Å². The van der Waals surface area contributed by atoms with E-state index in [0.29, 0.717) is 0 Å². The van der Waals surface area contributed by atoms with Gasteiger partial charge < -0.3 is 15.5 Å². The average molecular weight is 553 g/mol. The predicted octanol–water partition coefficient (Wildman–Crippen LogP) is 3.54. The minimum absolute atomic E-state index is 0. The van der Waals surface area contributed by atoms with Crippen molar-refractivity contribution in [2.45, 2.75) is 53.0 Å². The summed E-state index contributed by atoms with van der Waals surface area (Å²) in [6, 6.07) is 10.4. The molecule has 1 atom stereocenters. The highest BCUT2D eigenvalue weighted by atomic mass is 127. The Morgan fingerprint density at radius 3 is 2.72 bits per heavy atom. The number of aliphatic imine (C=N–C) groups is 1. The molecule has 2 heterocycles. The third-order valence-corrected chi connectivity index (χ3v) is 5.57. The zero-order valence-electron chi connectivity index (χ0n) is 19.7. The number of hydrogen-bond donors (Lipinski definition) is 2. The summed E-state index contributed by atoms with van der Waals surface area (Å²) in [5.41, 5.74) is 3.41. The molecule has 0 bridgehead atoms. The average Bonchev–Trinajstić information content (AvgIpc) is 3.38. The van der Waals surface area contributed by atoms with Crippen molar-refractivity contribution in [1.29, 1.82) is 0 Å². The Morgan fingerprint density at radius 2 is 2.03 bits per heavy atom. The number of likely N-dealkylation sites (tertiary alicyclic amines) is 1. The van der Waals surface area contributed by atoms with Crippen molar-refractivity contribution in [2.24, 2.45) is 10.9 Å². The van der Waals surface area contributed by atoms with E-state index in [4.69, 9.17) is 4.99 Å². The van der Waals surface area contributed by atoms with Gasteiger partial charge in [0.2, 0.25) is 5.91 Å². The number of guanidine groups is 1. The Kier molecular flexibility index (Phi) is 10.5. The summed E-state index contributed by atoms with van der Waals surface area (Å²) < 4.78 is 1.95. The summed E-state index contributed by atoms with van der Waals surface area (Å²) in [5.74, 6) is 1.12. The van der Waals surface area contributed by atoms with Gasteiger partial charge in [0, 0.05) is 44.3 Å². The maximum atomic E-state index is 12.2. The molecule has 1 saturated heterocycles. The first kappa shape index (κ1) is 26.2. The molecular weight excluding hydrogens is 515 g/mol. The normalized spacial score (nSPS) is 16.2. The van der Waals surface area contributed by atoms with Crippen LogP contribution in [0.3, 0.4) is 0 Å². The second-order valence-corrected chi connectivity index (χ2v) is 8.45. The quantitative estimate of drug-likeness (QED) is 0.228. The van der Waals surface area contributed by atoms with Gasteiger partial charge in [0.05, 0.1) is 11.4 Å². The minimum Gasteiger partial charge on any atom is -0.357 e. The summed E-state index contributed by atoms with van der Waals surface area (Å²) in [5, 5.41) is 11.5. The van der Waals surface area contributed by atoms with Crippen LogP contribution >= 0.6 is 24.0 Å². The van der Waals surface area contributed by atoms with Crippen LogP contribution in [0.2, 0.25) is 0 Å². The van der Waals surface area contributed by atoms with Gasteiger partial charge in [-0.1, -0.05) is 32.0 Å². The number of amides is 1. The monoisotopic (exact) mass is 552 g/mol. The molecule has 0 saturated carbocycles. The van der Waals surface area contributed by atoms with Gasteiger partial charge in [-0.05, 0) is 50.8 Å². The van der Waals surface area contributed by atoms with E-state index in [1.54, 1.807) is 0 Å². The van der Waals surface area contributed by atoms with Crippen LogP contribution in [0.15, 0.2) is 41.5 Å². The molecule has 1 unspecified atom stereocenters. The molecule has 1 amide bonds. The van der Waals surface area contributed by atoms with Crippen LogP contribution in [0, 0.1) is 12.8 Å². The molecule has 8 heteroatoms. The Hall–Kier alpha value is -2.10. The number of para-hydroxylation sites is 1. The van der Waals surface area contributed by atoms with Gasteiger partial charge in [-0.15, -0.1) is 24.0 Å². The fraction of sp³-hybridized carbons (Fsp3) is 0.542. The summed E-state index contributed by atoms with van der Waals surface area (Å²) in [7, 11) is 0. The van der Waals surface area contributed by atoms with E-state index in [1.165, 1.54) is 5.56 Å². The summed E-state index contributed by atoms with van der Waals surface area (Å²) in [6.45, 7) is 11.2. The smallest absolute Gasteiger partial charge is 0.225 e. The van der Waals surface area contributed by atoms with Gasteiger partial charge in [-0.25, -0.2) is 4.68 Å². The Labute approximate surface area is 209 Å². The molecule has 0 aliphatic carbocycles. The van der Waals surface area contributed by atoms with Crippen LogP contribution in [0.4, 0.5) is 0 Å². The standard InChI is InChI=1S/C24H36N6O.HI/c1-5-25-24(27-21-13-15-29(17-21)23(31)18(2)3)26-14-9-10-20-16-30(28-19(20)4)22-11-7-6-8-12-22;/h6-8,11-12,16,18,21H,5,9-10,13-15,17H2,1-4H3,(H2,25,26,27);1H. The number of carbonyl (C=O) groups is 1. The molecule has 2 N–H and O–H groups in total. The third-order valence-electron chi connectivity index (χ3n) is 5.57. The van der Waals surface area contributed by atoms with E-state index in [9.17, 15) is 4.79 Å². The molecule has 0 spiro atoms. The first-order valence-electron chi connectivity index (χ1n) is 11.4. The van der Waals surface area contributed by atoms with Crippen molar-refractivity contribution in [2.75, 3.05) is 26.2 Å². The van der Waals surface area contributed by atoms with E-state index in [0.717, 1.165) is 62.8 Å². The van der Waals surface area contributed by atoms with Gasteiger partial charge >= 0.3 is 0 Å². The van der Waals surface area contributed by atoms with E-state index < -0.39 is 0 Å². The molecule has 7 nitrogen and oxygen atoms in total. The Morgan fingerprint density at radius 1 is 1.28 bits per heavy atom. The van der Waals surface area contributed by atoms with Crippen molar-refractivity contribution in [3.63, 3.8) is 0 Å². The van der Waals surface area contributed by atoms with Crippen LogP contribution in [-0.4, -0.2) is 58.8 Å². The molecule has 1 fully saturated rings. The lowest BCUT2D eigenvalue weighted by Gasteiger charge is -2.20. The van der Waals surface area contributed by atoms with Crippen molar-refractivity contribution < 1.29 is 4.79 Å². The number of halogens is 1. The molecule has 1 aromatic carbocycles. The number of benzene rings is 1. The summed E-state index contributed by atoms with van der Waals surface area (Å²) >= 11 is 0. The summed E-state index contributed by atoms with van der Waals surface area (Å²) in [4.78, 5) is 18.9. The van der Waals surface area contributed by atoms with E-state index in [-0.39, 0.29) is 41.8 Å². The lowest BCUT2D eigenvalue weighted by atomic mass is 10.1. The van der Waals surface area contributed by atoms with Crippen LogP contribution in [-0.2, 0) is 11.2 Å². The molecule has 1 aromatic heterocycles. The zero-order chi connectivity index (χ0) is 22.2. The third kappa shape index (κ3) is 7.21. The van der Waals surface area contributed by atoms with E-state index in [1.807, 2.05) is 41.6 Å². The fourth-order valence-electron chi connectivity index (χ4n) is 3.87. The van der Waals surface area contributed by atoms with E-state index in [2.05, 4.69) is 47.9 Å². The molecule has 176 valence electrons. The second kappa shape index (κ2) is 12.8. The number of hydrogen-bond acceptors (Lipinski definition) is 3. The van der Waals surface area contributed by atoms with Crippen molar-refractivity contribution in [3.05, 3.63) is 47.8 Å². The molecule has 1 aliphatic heterocycles. The van der Waals surface area contributed by atoms with Gasteiger partial charge in [0.15, 0.2) is 5.96 Å². The highest BCUT2D eigenvalue weighted by Crippen LogP contribution is 2.14. The summed E-state index contributed by atoms with van der Waals surface area (Å²) in [6.07, 6.45) is 4.99. The van der Waals surface area contributed by atoms with Crippen LogP contribution < -0.4 is 10.6 Å². The maximum absolute atomic E-state index is 12.2. The van der Waals surface area contributed by atoms with Crippen molar-refractivity contribution >= 4 is 35.8 Å². The Balaban J connectivity index is 0.00000363. The van der Waals surface area contributed by atoms with Crippen molar-refractivity contribution in [3.8, 4) is 5.69 Å². The minimum atomic E-state index is 0. The molecule has 0 radical (unpaired) electrons. The van der Waals surface area contributed by atoms with Gasteiger partial charge in [0.25, 0.3) is 0 Å². The molecular formula is C24H37IN6O. The number of nitrogens with one attached hydrogen (secondary N) is 2. The number of carbonyl (C=O) groups excluding carboxylic acids is 1. The highest BCUT2D eigenvalue weighted by molar-refractivity contribution is 14.0. The molecule has 1 aliphatic rings. The van der Waals surface area contributed by atoms with Crippen molar-refractivity contribution in [1.82, 2.24) is 25.3 Å². The van der Waals surface area contributed by atoms with Gasteiger partial charge in [-0.3, -0.25) is 9.79 Å². The molecule has 2 aromatic rings. The lowest BCUT2D eigenvalue weighted by molar-refractivity contribution is -0.133. The van der Waals surface area contributed by atoms with E-state index >= 15 is 0 Å². The largest absolute Gasteiger partial charge is 0.357 e. The van der Waals surface area contributed by atoms with Gasteiger partial charge in [0.1, 0.15) is 0 Å². The van der Waals surface area contributed by atoms with Crippen LogP contribution in [0.1, 0.15) is 44.9 Å². The SMILES string of the molecule is CCNC(=NCCCc1cn(-c2ccccc2)nc1C)NC1CCN(C(=O)C(C)C)C1.I. The predicted molar refractivity (Wildman–Crippen MR) is 141 cm³/mol. The number of rotatable bonds is 8. The molecule has 3 rings (SSSR count). The second-order valence-electron chi connectivity index (χ2n) is 8.45. The lowest BCUT2D eigenvalue weighted by Crippen LogP contribution is -2.45.